The van der Waals surface area contributed by atoms with E-state index in [9.17, 15) is 14.0 Å². The number of hydrogen-bond acceptors (Lipinski definition) is 6. The number of hydrogen-bond donors (Lipinski definition) is 2. The number of benzene rings is 2. The summed E-state index contributed by atoms with van der Waals surface area (Å²) in [5.41, 5.74) is 1.20. The minimum atomic E-state index is -0.528. The Morgan fingerprint density at radius 1 is 1.13 bits per heavy atom. The lowest BCUT2D eigenvalue weighted by Crippen LogP contribution is -2.05. The number of rotatable bonds is 3. The number of carbonyl (C=O) groups is 1. The molecule has 0 saturated carbocycles. The largest absolute Gasteiger partial charge is 0.464 e. The molecule has 0 bridgehead atoms. The first-order chi connectivity index (χ1) is 14.5. The summed E-state index contributed by atoms with van der Waals surface area (Å²) in [7, 11) is 1.30. The second-order valence-corrected chi connectivity index (χ2v) is 7.58. The Hall–Kier alpha value is -3.72. The van der Waals surface area contributed by atoms with Gasteiger partial charge in [-0.1, -0.05) is 11.8 Å². The van der Waals surface area contributed by atoms with Gasteiger partial charge in [0.05, 0.1) is 23.5 Å². The van der Waals surface area contributed by atoms with Crippen LogP contribution in [0.5, 0.6) is 0 Å². The van der Waals surface area contributed by atoms with Crippen molar-refractivity contribution < 1.29 is 13.9 Å². The fourth-order valence-electron chi connectivity index (χ4n) is 3.48. The van der Waals surface area contributed by atoms with Gasteiger partial charge in [-0.3, -0.25) is 4.79 Å². The maximum atomic E-state index is 13.9. The molecule has 0 aliphatic carbocycles. The van der Waals surface area contributed by atoms with Crippen LogP contribution in [0.3, 0.4) is 0 Å². The third kappa shape index (κ3) is 2.91. The van der Waals surface area contributed by atoms with Gasteiger partial charge in [0, 0.05) is 33.4 Å². The highest BCUT2D eigenvalue weighted by Gasteiger charge is 2.16. The van der Waals surface area contributed by atoms with Gasteiger partial charge in [0.15, 0.2) is 5.16 Å². The van der Waals surface area contributed by atoms with Crippen molar-refractivity contribution in [3.8, 4) is 0 Å². The molecule has 3 heterocycles. The monoisotopic (exact) mass is 420 g/mol. The molecule has 0 fully saturated rings. The molecule has 0 spiro atoms. The Kier molecular flexibility index (Phi) is 4.25. The zero-order chi connectivity index (χ0) is 20.8. The van der Waals surface area contributed by atoms with Gasteiger partial charge in [0.2, 0.25) is 0 Å². The van der Waals surface area contributed by atoms with E-state index in [-0.39, 0.29) is 11.3 Å². The van der Waals surface area contributed by atoms with E-state index in [1.54, 1.807) is 30.5 Å². The Balaban J connectivity index is 1.73. The van der Waals surface area contributed by atoms with E-state index in [1.165, 1.54) is 37.2 Å². The molecule has 5 rings (SSSR count). The van der Waals surface area contributed by atoms with Crippen molar-refractivity contribution in [3.05, 3.63) is 70.7 Å². The van der Waals surface area contributed by atoms with Crippen molar-refractivity contribution in [1.29, 1.82) is 0 Å². The summed E-state index contributed by atoms with van der Waals surface area (Å²) in [6.45, 7) is 0. The smallest absolute Gasteiger partial charge is 0.356 e. The van der Waals surface area contributed by atoms with Gasteiger partial charge in [-0.2, -0.15) is 0 Å². The van der Waals surface area contributed by atoms with Gasteiger partial charge >= 0.3 is 5.97 Å². The van der Waals surface area contributed by atoms with E-state index < -0.39 is 11.8 Å². The summed E-state index contributed by atoms with van der Waals surface area (Å²) in [6, 6.07) is 9.45. The van der Waals surface area contributed by atoms with E-state index in [4.69, 9.17) is 4.74 Å². The normalized spacial score (nSPS) is 11.4. The summed E-state index contributed by atoms with van der Waals surface area (Å²) in [4.78, 5) is 39.6. The lowest BCUT2D eigenvalue weighted by atomic mass is 10.0. The minimum absolute atomic E-state index is 0.191. The maximum absolute atomic E-state index is 13.9. The molecule has 30 heavy (non-hydrogen) atoms. The van der Waals surface area contributed by atoms with Crippen LogP contribution >= 0.6 is 11.8 Å². The molecule has 9 heteroatoms. The topological polar surface area (TPSA) is 101 Å². The molecule has 0 atom stereocenters. The molecular weight excluding hydrogens is 407 g/mol. The van der Waals surface area contributed by atoms with Crippen LogP contribution in [0.25, 0.3) is 32.6 Å². The molecule has 0 radical (unpaired) electrons. The number of imidazole rings is 1. The fraction of sp³-hybridized carbons (Fsp3) is 0.0476. The van der Waals surface area contributed by atoms with Crippen LogP contribution in [0.4, 0.5) is 4.39 Å². The Morgan fingerprint density at radius 3 is 2.83 bits per heavy atom. The number of fused-ring (bicyclic) bond motifs is 6. The Morgan fingerprint density at radius 2 is 2.00 bits per heavy atom. The number of esters is 1. The van der Waals surface area contributed by atoms with Gasteiger partial charge in [-0.25, -0.2) is 19.2 Å². The van der Waals surface area contributed by atoms with Crippen LogP contribution in [0, 0.1) is 5.82 Å². The third-order valence-corrected chi connectivity index (χ3v) is 5.64. The lowest BCUT2D eigenvalue weighted by molar-refractivity contribution is 0.0593. The third-order valence-electron chi connectivity index (χ3n) is 4.76. The highest BCUT2D eigenvalue weighted by Crippen LogP contribution is 2.35. The summed E-state index contributed by atoms with van der Waals surface area (Å²) in [5, 5.41) is 2.78. The molecule has 2 N–H and O–H groups in total. The summed E-state index contributed by atoms with van der Waals surface area (Å²) < 4.78 is 18.6. The molecule has 5 aromatic rings. The zero-order valence-electron chi connectivity index (χ0n) is 15.5. The van der Waals surface area contributed by atoms with Crippen molar-refractivity contribution >= 4 is 50.3 Å². The molecule has 148 valence electrons. The minimum Gasteiger partial charge on any atom is -0.464 e. The first-order valence-electron chi connectivity index (χ1n) is 8.89. The van der Waals surface area contributed by atoms with Crippen LogP contribution in [0.15, 0.2) is 63.6 Å². The summed E-state index contributed by atoms with van der Waals surface area (Å²) in [5.74, 6) is -0.951. The fourth-order valence-corrected chi connectivity index (χ4v) is 4.29. The molecular formula is C21H13FN4O3S. The number of nitrogens with zero attached hydrogens (tertiary/aromatic N) is 2. The molecule has 0 saturated heterocycles. The molecule has 0 aliphatic heterocycles. The van der Waals surface area contributed by atoms with Crippen LogP contribution in [0.1, 0.15) is 10.5 Å². The highest BCUT2D eigenvalue weighted by molar-refractivity contribution is 7.99. The molecule has 0 unspecified atom stereocenters. The summed E-state index contributed by atoms with van der Waals surface area (Å²) >= 11 is 1.31. The van der Waals surface area contributed by atoms with E-state index in [1.807, 2.05) is 0 Å². The second kappa shape index (κ2) is 6.96. The van der Waals surface area contributed by atoms with Gasteiger partial charge in [0.1, 0.15) is 11.5 Å². The molecule has 2 aromatic carbocycles. The van der Waals surface area contributed by atoms with Crippen LogP contribution < -0.4 is 5.56 Å². The highest BCUT2D eigenvalue weighted by atomic mass is 32.2. The summed E-state index contributed by atoms with van der Waals surface area (Å²) in [6.07, 6.45) is 3.06. The number of nitrogens with one attached hydrogen (secondary N) is 2. The number of methoxy groups -OCH3 is 1. The van der Waals surface area contributed by atoms with Crippen molar-refractivity contribution in [2.75, 3.05) is 7.11 Å². The first-order valence-corrected chi connectivity index (χ1v) is 9.71. The van der Waals surface area contributed by atoms with Crippen LogP contribution in [-0.4, -0.2) is 33.0 Å². The predicted molar refractivity (Wildman–Crippen MR) is 111 cm³/mol. The van der Waals surface area contributed by atoms with Crippen LogP contribution in [0.2, 0.25) is 0 Å². The quantitative estimate of drug-likeness (QED) is 0.338. The number of pyridine rings is 2. The number of ether oxygens (including phenoxy) is 1. The van der Waals surface area contributed by atoms with Crippen molar-refractivity contribution in [2.24, 2.45) is 0 Å². The van der Waals surface area contributed by atoms with E-state index in [0.29, 0.717) is 37.7 Å². The Labute approximate surface area is 172 Å². The average molecular weight is 420 g/mol. The maximum Gasteiger partial charge on any atom is 0.356 e. The van der Waals surface area contributed by atoms with Crippen molar-refractivity contribution in [2.45, 2.75) is 10.1 Å². The number of carbonyl (C=O) groups excluding carboxylic acids is 1. The zero-order valence-corrected chi connectivity index (χ0v) is 16.3. The first kappa shape index (κ1) is 18.3. The average Bonchev–Trinajstić information content (AvgIpc) is 3.17. The standard InChI is InChI=1S/C21H13FN4O3S/c1-29-20(28)15-9-11(4-6-23-15)30-21-25-17-12-3-2-10(22)8-14(12)16-13(18(17)26-21)5-7-24-19(16)27/h2-9H,1H3,(H,24,27)(H,25,26). The van der Waals surface area contributed by atoms with Gasteiger partial charge in [-0.15, -0.1) is 0 Å². The van der Waals surface area contributed by atoms with E-state index >= 15 is 0 Å². The van der Waals surface area contributed by atoms with Crippen molar-refractivity contribution in [3.63, 3.8) is 0 Å². The van der Waals surface area contributed by atoms with E-state index in [2.05, 4.69) is 19.9 Å². The molecule has 3 aromatic heterocycles. The molecule has 7 nitrogen and oxygen atoms in total. The predicted octanol–water partition coefficient (Wildman–Crippen LogP) is 4.03. The second-order valence-electron chi connectivity index (χ2n) is 6.52. The number of H-pyrrole nitrogens is 2. The van der Waals surface area contributed by atoms with Gasteiger partial charge in [-0.05, 0) is 36.4 Å². The SMILES string of the molecule is COC(=O)c1cc(Sc2nc3c4cc[nH]c(=O)c4c4cc(F)ccc4c3[nH]2)ccn1. The van der Waals surface area contributed by atoms with Crippen LogP contribution in [-0.2, 0) is 4.74 Å². The number of aromatic amines is 2. The van der Waals surface area contributed by atoms with Crippen molar-refractivity contribution in [1.82, 2.24) is 19.9 Å². The Bertz CT molecular complexity index is 1530. The number of halogens is 1. The number of aromatic nitrogens is 4. The van der Waals surface area contributed by atoms with Gasteiger partial charge in [0.25, 0.3) is 5.56 Å². The molecule has 0 aliphatic rings. The lowest BCUT2D eigenvalue weighted by Gasteiger charge is -2.05. The van der Waals surface area contributed by atoms with E-state index in [0.717, 1.165) is 4.90 Å². The molecule has 0 amide bonds. The van der Waals surface area contributed by atoms with Gasteiger partial charge < -0.3 is 14.7 Å².